The maximum Gasteiger partial charge on any atom is 0.261 e. The predicted molar refractivity (Wildman–Crippen MR) is 113 cm³/mol. The smallest absolute Gasteiger partial charge is 0.261 e. The number of nitrogens with one attached hydrogen (secondary N) is 1. The summed E-state index contributed by atoms with van der Waals surface area (Å²) in [6, 6.07) is 12.1. The number of amides is 3. The van der Waals surface area contributed by atoms with E-state index in [9.17, 15) is 14.4 Å². The van der Waals surface area contributed by atoms with Crippen LogP contribution in [0.15, 0.2) is 53.1 Å². The van der Waals surface area contributed by atoms with Crippen molar-refractivity contribution in [2.24, 2.45) is 0 Å². The molecule has 8 nitrogen and oxygen atoms in total. The molecule has 1 aliphatic rings. The first-order valence-corrected chi connectivity index (χ1v) is 10.2. The highest BCUT2D eigenvalue weighted by Gasteiger charge is 2.34. The third-order valence-electron chi connectivity index (χ3n) is 5.37. The second-order valence-electron chi connectivity index (χ2n) is 7.62. The van der Waals surface area contributed by atoms with Crippen molar-refractivity contribution in [3.05, 3.63) is 77.0 Å². The van der Waals surface area contributed by atoms with Crippen LogP contribution in [0.25, 0.3) is 0 Å². The third-order valence-corrected chi connectivity index (χ3v) is 5.37. The molecule has 0 radical (unpaired) electrons. The number of fused-ring (bicyclic) bond motifs is 1. The topological polar surface area (TPSA) is 97.4 Å². The van der Waals surface area contributed by atoms with Gasteiger partial charge in [-0.2, -0.15) is 5.10 Å². The number of carbonyl (C=O) groups is 3. The quantitative estimate of drug-likeness (QED) is 0.565. The molecule has 2 aromatic heterocycles. The Morgan fingerprint density at radius 3 is 2.39 bits per heavy atom. The van der Waals surface area contributed by atoms with Gasteiger partial charge in [-0.1, -0.05) is 12.1 Å². The van der Waals surface area contributed by atoms with Crippen molar-refractivity contribution in [3.8, 4) is 0 Å². The monoisotopic (exact) mass is 420 g/mol. The highest BCUT2D eigenvalue weighted by Crippen LogP contribution is 2.23. The zero-order valence-electron chi connectivity index (χ0n) is 17.5. The zero-order chi connectivity index (χ0) is 22.0. The van der Waals surface area contributed by atoms with Crippen LogP contribution in [0.1, 0.15) is 56.7 Å². The van der Waals surface area contributed by atoms with Gasteiger partial charge in [0.1, 0.15) is 11.8 Å². The lowest BCUT2D eigenvalue weighted by Gasteiger charge is -2.18. The molecule has 1 aromatic carbocycles. The molecule has 160 valence electrons. The minimum atomic E-state index is -0.302. The first-order valence-electron chi connectivity index (χ1n) is 10.2. The fraction of sp³-hybridized carbons (Fsp3) is 0.304. The van der Waals surface area contributed by atoms with Gasteiger partial charge in [-0.15, -0.1) is 0 Å². The van der Waals surface area contributed by atoms with E-state index in [1.807, 2.05) is 30.7 Å². The number of aryl methyl sites for hydroxylation is 2. The number of carbonyl (C=O) groups excluding carboxylic acids is 3. The van der Waals surface area contributed by atoms with Crippen LogP contribution in [0.4, 0.5) is 0 Å². The summed E-state index contributed by atoms with van der Waals surface area (Å²) in [5.74, 6) is -0.0564. The van der Waals surface area contributed by atoms with E-state index in [1.54, 1.807) is 36.6 Å². The van der Waals surface area contributed by atoms with Crippen LogP contribution in [-0.2, 0) is 4.79 Å². The molecule has 0 aliphatic carbocycles. The van der Waals surface area contributed by atoms with Crippen LogP contribution in [0, 0.1) is 13.8 Å². The normalized spacial score (nSPS) is 14.1. The average Bonchev–Trinajstić information content (AvgIpc) is 3.45. The fourth-order valence-corrected chi connectivity index (χ4v) is 3.89. The van der Waals surface area contributed by atoms with Crippen molar-refractivity contribution in [1.29, 1.82) is 0 Å². The van der Waals surface area contributed by atoms with Crippen LogP contribution in [0.5, 0.6) is 0 Å². The Morgan fingerprint density at radius 1 is 1.10 bits per heavy atom. The maximum absolute atomic E-state index is 12.4. The Bertz CT molecular complexity index is 1080. The summed E-state index contributed by atoms with van der Waals surface area (Å²) in [5, 5.41) is 7.44. The number of benzene rings is 1. The lowest BCUT2D eigenvalue weighted by molar-refractivity contribution is -0.121. The predicted octanol–water partition coefficient (Wildman–Crippen LogP) is 2.87. The van der Waals surface area contributed by atoms with Gasteiger partial charge in [0.15, 0.2) is 0 Å². The van der Waals surface area contributed by atoms with Gasteiger partial charge in [0.25, 0.3) is 11.8 Å². The van der Waals surface area contributed by atoms with Gasteiger partial charge in [-0.05, 0) is 50.6 Å². The summed E-state index contributed by atoms with van der Waals surface area (Å²) >= 11 is 0. The molecular formula is C23H24N4O4. The summed E-state index contributed by atoms with van der Waals surface area (Å²) in [5.41, 5.74) is 2.70. The van der Waals surface area contributed by atoms with Crippen molar-refractivity contribution < 1.29 is 18.8 Å². The van der Waals surface area contributed by atoms with Crippen LogP contribution >= 0.6 is 0 Å². The molecule has 0 bridgehead atoms. The molecule has 0 saturated heterocycles. The molecule has 0 fully saturated rings. The number of imide groups is 1. The molecule has 3 amide bonds. The molecule has 31 heavy (non-hydrogen) atoms. The van der Waals surface area contributed by atoms with Gasteiger partial charge in [0, 0.05) is 25.2 Å². The number of aromatic nitrogens is 2. The second kappa shape index (κ2) is 8.59. The Hall–Kier alpha value is -3.68. The zero-order valence-corrected chi connectivity index (χ0v) is 17.5. The third kappa shape index (κ3) is 4.14. The van der Waals surface area contributed by atoms with Gasteiger partial charge in [-0.25, -0.2) is 0 Å². The van der Waals surface area contributed by atoms with Gasteiger partial charge < -0.3 is 9.73 Å². The van der Waals surface area contributed by atoms with E-state index in [4.69, 9.17) is 4.42 Å². The Morgan fingerprint density at radius 2 is 1.81 bits per heavy atom. The van der Waals surface area contributed by atoms with Crippen molar-refractivity contribution in [1.82, 2.24) is 20.0 Å². The summed E-state index contributed by atoms with van der Waals surface area (Å²) in [4.78, 5) is 38.5. The largest absolute Gasteiger partial charge is 0.467 e. The van der Waals surface area contributed by atoms with E-state index in [0.29, 0.717) is 29.9 Å². The summed E-state index contributed by atoms with van der Waals surface area (Å²) in [7, 11) is 0. The first kappa shape index (κ1) is 20.6. The van der Waals surface area contributed by atoms with Gasteiger partial charge in [-0.3, -0.25) is 24.0 Å². The van der Waals surface area contributed by atoms with E-state index in [-0.39, 0.29) is 36.7 Å². The van der Waals surface area contributed by atoms with Crippen molar-refractivity contribution in [2.75, 3.05) is 13.1 Å². The molecule has 8 heteroatoms. The molecule has 4 rings (SSSR count). The molecule has 3 aromatic rings. The molecule has 1 aliphatic heterocycles. The van der Waals surface area contributed by atoms with Gasteiger partial charge in [0.05, 0.1) is 23.1 Å². The van der Waals surface area contributed by atoms with E-state index < -0.39 is 0 Å². The standard InChI is InChI=1S/C23H24N4O4/c1-15-13-16(2)27(25-15)19(20-9-6-12-31-20)14-24-21(28)10-5-11-26-22(29)17-7-3-4-8-18(17)23(26)30/h3-4,6-9,12-13,19H,5,10-11,14H2,1-2H3,(H,24,28). The Kier molecular flexibility index (Phi) is 5.70. The average molecular weight is 420 g/mol. The fourth-order valence-electron chi connectivity index (χ4n) is 3.89. The van der Waals surface area contributed by atoms with Crippen LogP contribution in [0.2, 0.25) is 0 Å². The SMILES string of the molecule is Cc1cc(C)n(C(CNC(=O)CCCN2C(=O)c3ccccc3C2=O)c2ccco2)n1. The Balaban J connectivity index is 1.32. The van der Waals surface area contributed by atoms with Gasteiger partial charge in [0.2, 0.25) is 5.91 Å². The Labute approximate surface area is 179 Å². The van der Waals surface area contributed by atoms with E-state index in [2.05, 4.69) is 10.4 Å². The van der Waals surface area contributed by atoms with Crippen molar-refractivity contribution in [3.63, 3.8) is 0 Å². The molecule has 1 N–H and O–H groups in total. The highest BCUT2D eigenvalue weighted by molar-refractivity contribution is 6.21. The molecular weight excluding hydrogens is 396 g/mol. The number of hydrogen-bond donors (Lipinski definition) is 1. The van der Waals surface area contributed by atoms with E-state index >= 15 is 0 Å². The lowest BCUT2D eigenvalue weighted by Crippen LogP contribution is -2.34. The summed E-state index contributed by atoms with van der Waals surface area (Å²) in [6.07, 6.45) is 2.19. The van der Waals surface area contributed by atoms with E-state index in [1.165, 1.54) is 4.90 Å². The highest BCUT2D eigenvalue weighted by atomic mass is 16.3. The molecule has 0 saturated carbocycles. The van der Waals surface area contributed by atoms with Gasteiger partial charge >= 0.3 is 0 Å². The second-order valence-corrected chi connectivity index (χ2v) is 7.62. The number of hydrogen-bond acceptors (Lipinski definition) is 5. The first-order chi connectivity index (χ1) is 15.0. The lowest BCUT2D eigenvalue weighted by atomic mass is 10.1. The van der Waals surface area contributed by atoms with Crippen molar-refractivity contribution in [2.45, 2.75) is 32.7 Å². The molecule has 1 atom stereocenters. The van der Waals surface area contributed by atoms with Crippen LogP contribution < -0.4 is 5.32 Å². The number of furan rings is 1. The summed E-state index contributed by atoms with van der Waals surface area (Å²) < 4.78 is 7.40. The molecule has 0 spiro atoms. The van der Waals surface area contributed by atoms with E-state index in [0.717, 1.165) is 11.4 Å². The van der Waals surface area contributed by atoms with Crippen LogP contribution in [0.3, 0.4) is 0 Å². The van der Waals surface area contributed by atoms with Crippen LogP contribution in [-0.4, -0.2) is 45.5 Å². The van der Waals surface area contributed by atoms with Crippen molar-refractivity contribution >= 4 is 17.7 Å². The minimum Gasteiger partial charge on any atom is -0.467 e. The molecule has 1 unspecified atom stereocenters. The minimum absolute atomic E-state index is 0.158. The number of nitrogens with zero attached hydrogens (tertiary/aromatic N) is 3. The maximum atomic E-state index is 12.4. The number of rotatable bonds is 8. The molecule has 3 heterocycles. The summed E-state index contributed by atoms with van der Waals surface area (Å²) in [6.45, 7) is 4.40.